The summed E-state index contributed by atoms with van der Waals surface area (Å²) in [6.45, 7) is 1.61. The predicted octanol–water partition coefficient (Wildman–Crippen LogP) is 4.91. The van der Waals surface area contributed by atoms with Gasteiger partial charge >= 0.3 is 5.97 Å². The first kappa shape index (κ1) is 21.6. The highest BCUT2D eigenvalue weighted by Crippen LogP contribution is 2.32. The third-order valence-corrected chi connectivity index (χ3v) is 4.64. The maximum Gasteiger partial charge on any atom is 0.327 e. The van der Waals surface area contributed by atoms with Crippen LogP contribution in [0.25, 0.3) is 0 Å². The lowest BCUT2D eigenvalue weighted by atomic mass is 9.77. The zero-order valence-corrected chi connectivity index (χ0v) is 16.6. The van der Waals surface area contributed by atoms with Crippen molar-refractivity contribution in [3.63, 3.8) is 0 Å². The van der Waals surface area contributed by atoms with Crippen molar-refractivity contribution in [2.75, 3.05) is 6.61 Å². The summed E-state index contributed by atoms with van der Waals surface area (Å²) in [5.74, 6) is -1.83. The fourth-order valence-electron chi connectivity index (χ4n) is 2.62. The Hall–Kier alpha value is -2.68. The van der Waals surface area contributed by atoms with Crippen LogP contribution < -0.4 is 0 Å². The molecule has 0 atom stereocenters. The van der Waals surface area contributed by atoms with Crippen molar-refractivity contribution in [1.82, 2.24) is 0 Å². The number of benzene rings is 2. The Bertz CT molecular complexity index is 855. The van der Waals surface area contributed by atoms with Gasteiger partial charge in [0.05, 0.1) is 12.7 Å². The molecular weight excluding hydrogens is 401 g/mol. The van der Waals surface area contributed by atoms with Crippen molar-refractivity contribution < 1.29 is 19.1 Å². The van der Waals surface area contributed by atoms with E-state index in [-0.39, 0.29) is 17.7 Å². The largest absolute Gasteiger partial charge is 0.465 e. The van der Waals surface area contributed by atoms with E-state index in [9.17, 15) is 19.6 Å². The van der Waals surface area contributed by atoms with Gasteiger partial charge in [0.15, 0.2) is 17.0 Å². The van der Waals surface area contributed by atoms with Crippen molar-refractivity contribution >= 4 is 40.7 Å². The van der Waals surface area contributed by atoms with Gasteiger partial charge in [-0.05, 0) is 55.5 Å². The number of nitriles is 1. The van der Waals surface area contributed by atoms with Crippen LogP contribution in [0.5, 0.6) is 0 Å². The number of ketones is 2. The first-order valence-corrected chi connectivity index (χ1v) is 9.23. The lowest BCUT2D eigenvalue weighted by Crippen LogP contribution is -2.36. The summed E-state index contributed by atoms with van der Waals surface area (Å²) in [4.78, 5) is 37.9. The van der Waals surface area contributed by atoms with Gasteiger partial charge < -0.3 is 4.74 Å². The van der Waals surface area contributed by atoms with Crippen molar-refractivity contribution in [2.24, 2.45) is 5.41 Å². The summed E-state index contributed by atoms with van der Waals surface area (Å²) in [6.07, 6.45) is -0.966. The monoisotopic (exact) mass is 417 g/mol. The Morgan fingerprint density at radius 2 is 1.29 bits per heavy atom. The third kappa shape index (κ3) is 5.19. The average Bonchev–Trinajstić information content (AvgIpc) is 2.68. The van der Waals surface area contributed by atoms with Crippen molar-refractivity contribution in [3.8, 4) is 6.07 Å². The molecule has 0 amide bonds. The molecule has 5 nitrogen and oxygen atoms in total. The lowest BCUT2D eigenvalue weighted by Gasteiger charge is -2.23. The molecule has 144 valence electrons. The van der Waals surface area contributed by atoms with Crippen LogP contribution in [0.3, 0.4) is 0 Å². The van der Waals surface area contributed by atoms with Crippen LogP contribution >= 0.6 is 23.2 Å². The zero-order valence-electron chi connectivity index (χ0n) is 15.1. The average molecular weight is 418 g/mol. The number of Topliss-reactive ketones (excluding diaryl/α,β-unsaturated/α-hetero) is 2. The van der Waals surface area contributed by atoms with E-state index in [0.717, 1.165) is 0 Å². The minimum atomic E-state index is -1.93. The predicted molar refractivity (Wildman–Crippen MR) is 105 cm³/mol. The molecule has 0 spiro atoms. The van der Waals surface area contributed by atoms with Crippen LogP contribution in [-0.2, 0) is 9.53 Å². The standard InChI is InChI=1S/C21H17Cl2NO4/c1-2-28-20(27)21(13-24,11-18(25)14-3-7-16(22)8-4-14)12-19(26)15-5-9-17(23)10-6-15/h3-10H,2,11-12H2,1H3. The fraction of sp³-hybridized carbons (Fsp3) is 0.238. The highest BCUT2D eigenvalue weighted by Gasteiger charge is 2.44. The summed E-state index contributed by atoms with van der Waals surface area (Å²) in [5, 5.41) is 10.7. The molecule has 0 N–H and O–H groups in total. The van der Waals surface area contributed by atoms with E-state index in [0.29, 0.717) is 10.0 Å². The molecule has 0 aliphatic carbocycles. The molecule has 2 aromatic carbocycles. The molecule has 0 aromatic heterocycles. The Labute approximate surface area is 172 Å². The fourth-order valence-corrected chi connectivity index (χ4v) is 2.88. The molecule has 0 heterocycles. The summed E-state index contributed by atoms with van der Waals surface area (Å²) < 4.78 is 5.00. The van der Waals surface area contributed by atoms with Crippen LogP contribution in [0.1, 0.15) is 40.5 Å². The highest BCUT2D eigenvalue weighted by atomic mass is 35.5. The number of hydrogen-bond donors (Lipinski definition) is 0. The number of ether oxygens (including phenoxy) is 1. The molecule has 28 heavy (non-hydrogen) atoms. The molecule has 0 saturated carbocycles. The van der Waals surface area contributed by atoms with Gasteiger partial charge in [0.25, 0.3) is 0 Å². The van der Waals surface area contributed by atoms with Gasteiger partial charge in [-0.15, -0.1) is 0 Å². The molecule has 0 bridgehead atoms. The van der Waals surface area contributed by atoms with Crippen LogP contribution in [0.4, 0.5) is 0 Å². The summed E-state index contributed by atoms with van der Waals surface area (Å²) in [6, 6.07) is 14.0. The Morgan fingerprint density at radius 1 is 0.893 bits per heavy atom. The van der Waals surface area contributed by atoms with Crippen LogP contribution in [0.2, 0.25) is 10.0 Å². The smallest absolute Gasteiger partial charge is 0.327 e. The van der Waals surface area contributed by atoms with Gasteiger partial charge in [0, 0.05) is 34.0 Å². The lowest BCUT2D eigenvalue weighted by molar-refractivity contribution is -0.151. The molecule has 0 fully saturated rings. The number of esters is 1. The van der Waals surface area contributed by atoms with E-state index < -0.39 is 35.8 Å². The van der Waals surface area contributed by atoms with E-state index in [1.54, 1.807) is 6.92 Å². The van der Waals surface area contributed by atoms with Gasteiger partial charge in [-0.25, -0.2) is 0 Å². The number of carbonyl (C=O) groups is 3. The van der Waals surface area contributed by atoms with Gasteiger partial charge in [-0.1, -0.05) is 23.2 Å². The van der Waals surface area contributed by atoms with Gasteiger partial charge in [-0.3, -0.25) is 14.4 Å². The zero-order chi connectivity index (χ0) is 20.7. The number of halogens is 2. The van der Waals surface area contributed by atoms with Crippen molar-refractivity contribution in [2.45, 2.75) is 19.8 Å². The summed E-state index contributed by atoms with van der Waals surface area (Å²) >= 11 is 11.6. The van der Waals surface area contributed by atoms with E-state index >= 15 is 0 Å². The molecule has 7 heteroatoms. The normalized spacial score (nSPS) is 10.8. The van der Waals surface area contributed by atoms with Crippen LogP contribution in [0, 0.1) is 16.7 Å². The second-order valence-corrected chi connectivity index (χ2v) is 7.00. The molecule has 0 aliphatic heterocycles. The van der Waals surface area contributed by atoms with E-state index in [2.05, 4.69) is 0 Å². The Kier molecular flexibility index (Phi) is 7.33. The molecule has 0 aliphatic rings. The summed E-state index contributed by atoms with van der Waals surface area (Å²) in [7, 11) is 0. The van der Waals surface area contributed by atoms with E-state index in [1.165, 1.54) is 48.5 Å². The molecule has 2 rings (SSSR count). The highest BCUT2D eigenvalue weighted by molar-refractivity contribution is 6.31. The first-order chi connectivity index (χ1) is 13.3. The Balaban J connectivity index is 2.33. The van der Waals surface area contributed by atoms with Crippen molar-refractivity contribution in [3.05, 3.63) is 69.7 Å². The van der Waals surface area contributed by atoms with Crippen molar-refractivity contribution in [1.29, 1.82) is 5.26 Å². The molecule has 0 unspecified atom stereocenters. The minimum Gasteiger partial charge on any atom is -0.465 e. The minimum absolute atomic E-state index is 0.0204. The molecule has 0 radical (unpaired) electrons. The number of nitrogens with zero attached hydrogens (tertiary/aromatic N) is 1. The second-order valence-electron chi connectivity index (χ2n) is 6.13. The number of rotatable bonds is 8. The summed E-state index contributed by atoms with van der Waals surface area (Å²) in [5.41, 5.74) is -1.36. The molecule has 2 aromatic rings. The van der Waals surface area contributed by atoms with Gasteiger partial charge in [0.1, 0.15) is 0 Å². The maximum absolute atomic E-state index is 12.7. The Morgan fingerprint density at radius 3 is 1.61 bits per heavy atom. The van der Waals surface area contributed by atoms with E-state index in [1.807, 2.05) is 6.07 Å². The molecule has 0 saturated heterocycles. The van der Waals surface area contributed by atoms with Crippen LogP contribution in [-0.4, -0.2) is 24.1 Å². The number of carbonyl (C=O) groups excluding carboxylic acids is 3. The quantitative estimate of drug-likeness (QED) is 0.449. The van der Waals surface area contributed by atoms with Crippen LogP contribution in [0.15, 0.2) is 48.5 Å². The van der Waals surface area contributed by atoms with Gasteiger partial charge in [-0.2, -0.15) is 5.26 Å². The number of hydrogen-bond acceptors (Lipinski definition) is 5. The second kappa shape index (κ2) is 9.50. The van der Waals surface area contributed by atoms with E-state index in [4.69, 9.17) is 27.9 Å². The third-order valence-electron chi connectivity index (χ3n) is 4.14. The topological polar surface area (TPSA) is 84.2 Å². The SMILES string of the molecule is CCOC(=O)C(C#N)(CC(=O)c1ccc(Cl)cc1)CC(=O)c1ccc(Cl)cc1. The van der Waals surface area contributed by atoms with Gasteiger partial charge in [0.2, 0.25) is 0 Å². The molecular formula is C21H17Cl2NO4. The first-order valence-electron chi connectivity index (χ1n) is 8.47. The maximum atomic E-state index is 12.7.